The summed E-state index contributed by atoms with van der Waals surface area (Å²) < 4.78 is 24.6. The molecule has 0 saturated heterocycles. The molecule has 0 radical (unpaired) electrons. The second-order valence-electron chi connectivity index (χ2n) is 1.10. The number of unbranched alkanes of at least 4 members (excludes halogenated alkanes) is 1. The van der Waals surface area contributed by atoms with Crippen molar-refractivity contribution in [3.05, 3.63) is 0 Å². The summed E-state index contributed by atoms with van der Waals surface area (Å²) in [4.78, 5) is 0. The summed E-state index contributed by atoms with van der Waals surface area (Å²) >= 11 is 11.9. The van der Waals surface area contributed by atoms with Crippen LogP contribution in [0, 0.1) is 0 Å². The van der Waals surface area contributed by atoms with Gasteiger partial charge in [-0.05, 0) is 0 Å². The van der Waals surface area contributed by atoms with E-state index >= 15 is 0 Å². The maximum absolute atomic E-state index is 7.72. The molecule has 0 rings (SSSR count). The van der Waals surface area contributed by atoms with Gasteiger partial charge >= 0.3 is 46.7 Å². The topological polar surface area (TPSA) is 69.2 Å². The zero-order valence-corrected chi connectivity index (χ0v) is 11.1. The van der Waals surface area contributed by atoms with Gasteiger partial charge in [-0.3, -0.25) is 0 Å². The molecular weight excluding hydrogens is 321 g/mol. The van der Waals surface area contributed by atoms with Gasteiger partial charge in [0.2, 0.25) is 0 Å². The van der Waals surface area contributed by atoms with Gasteiger partial charge in [-0.1, -0.05) is 0 Å². The number of hydrogen-bond acceptors (Lipinski definition) is 3. The molecular formula is C4H9Cl3O3Sn. The normalized spacial score (nSPS) is 5.55. The third-order valence-electron chi connectivity index (χ3n) is 0.530. The van der Waals surface area contributed by atoms with Crippen molar-refractivity contribution >= 4 is 58.1 Å². The first-order valence-corrected chi connectivity index (χ1v) is 5.47. The van der Waals surface area contributed by atoms with Crippen molar-refractivity contribution in [2.75, 3.05) is 0 Å². The molecule has 0 bridgehead atoms. The van der Waals surface area contributed by atoms with Crippen LogP contribution in [-0.2, 0) is 0 Å². The molecule has 0 unspecified atom stereocenters. The van der Waals surface area contributed by atoms with Crippen LogP contribution in [0.3, 0.4) is 0 Å². The largest absolute Gasteiger partial charge is 0.769 e. The first-order valence-electron chi connectivity index (χ1n) is 2.52. The van der Waals surface area contributed by atoms with E-state index in [2.05, 4.69) is 42.5 Å². The van der Waals surface area contributed by atoms with E-state index in [4.69, 9.17) is 14.0 Å². The van der Waals surface area contributed by atoms with Gasteiger partial charge in [-0.25, -0.2) is 35.6 Å². The molecule has 7 heteroatoms. The second-order valence-corrected chi connectivity index (χ2v) is 2.53. The van der Waals surface area contributed by atoms with Crippen molar-refractivity contribution < 1.29 is 14.0 Å². The van der Waals surface area contributed by atoms with E-state index in [1.54, 1.807) is 22.5 Å². The molecule has 0 aromatic carbocycles. The average Bonchev–Trinajstić information content (AvgIpc) is 2.16. The Morgan fingerprint density at radius 2 is 1.27 bits per heavy atom. The Balaban J connectivity index is -0.0000000350. The fourth-order valence-corrected chi connectivity index (χ4v) is 1.19. The molecule has 0 atom stereocenters. The summed E-state index contributed by atoms with van der Waals surface area (Å²) in [7, 11) is 0. The summed E-state index contributed by atoms with van der Waals surface area (Å²) in [5, 5.41) is 0. The van der Waals surface area contributed by atoms with Gasteiger partial charge < -0.3 is 14.0 Å². The molecule has 0 aromatic rings. The molecule has 0 aromatic heterocycles. The first-order chi connectivity index (χ1) is 5.41. The van der Waals surface area contributed by atoms with E-state index in [0.717, 1.165) is 0 Å². The minimum Gasteiger partial charge on any atom is -0.769 e. The van der Waals surface area contributed by atoms with Crippen molar-refractivity contribution in [3.8, 4) is 0 Å². The van der Waals surface area contributed by atoms with Crippen molar-refractivity contribution in [2.45, 2.75) is 24.2 Å². The quantitative estimate of drug-likeness (QED) is 0.663. The molecule has 0 aliphatic rings. The van der Waals surface area contributed by atoms with Crippen LogP contribution in [0.4, 0.5) is 0 Å². The van der Waals surface area contributed by atoms with E-state index < -0.39 is 0 Å². The molecule has 0 aliphatic carbocycles. The van der Waals surface area contributed by atoms with Crippen molar-refractivity contribution in [1.82, 2.24) is 0 Å². The smallest absolute Gasteiger partial charge is 0.231 e. The van der Waals surface area contributed by atoms with Gasteiger partial charge in [0.15, 0.2) is 0 Å². The van der Waals surface area contributed by atoms with Crippen LogP contribution in [0.1, 0.15) is 19.8 Å². The Bertz CT molecular complexity index is 28.1. The van der Waals surface area contributed by atoms with E-state index in [1.165, 1.54) is 17.3 Å². The molecule has 0 N–H and O–H groups in total. The summed E-state index contributed by atoms with van der Waals surface area (Å²) in [6, 6.07) is 0. The zero-order valence-electron chi connectivity index (χ0n) is 5.98. The maximum Gasteiger partial charge on any atom is -0.231 e. The van der Waals surface area contributed by atoms with Crippen LogP contribution in [0.25, 0.3) is 0 Å². The molecule has 0 aliphatic heterocycles. The molecule has 0 saturated carbocycles. The van der Waals surface area contributed by atoms with E-state index in [9.17, 15) is 0 Å². The van der Waals surface area contributed by atoms with Crippen LogP contribution < -0.4 is 14.0 Å². The fourth-order valence-electron chi connectivity index (χ4n) is 0.177. The van der Waals surface area contributed by atoms with Crippen LogP contribution in [0.15, 0.2) is 0 Å². The maximum atomic E-state index is 7.72. The summed E-state index contributed by atoms with van der Waals surface area (Å²) in [5.74, 6) is 0. The van der Waals surface area contributed by atoms with Crippen LogP contribution >= 0.6 is 35.6 Å². The Kier molecular flexibility index (Phi) is 129. The van der Waals surface area contributed by atoms with Crippen LogP contribution in [0.5, 0.6) is 0 Å². The summed E-state index contributed by atoms with van der Waals surface area (Å²) in [6.45, 7) is 2.23. The van der Waals surface area contributed by atoms with Gasteiger partial charge in [0.05, 0.1) is 0 Å². The van der Waals surface area contributed by atoms with Gasteiger partial charge in [-0.15, -0.1) is 0 Å². The molecule has 3 nitrogen and oxygen atoms in total. The average molecular weight is 330 g/mol. The van der Waals surface area contributed by atoms with Crippen LogP contribution in [-0.4, -0.2) is 22.5 Å². The minimum absolute atomic E-state index is 1.37. The van der Waals surface area contributed by atoms with Gasteiger partial charge in [0.25, 0.3) is 0 Å². The number of hydrogen-bond donors (Lipinski definition) is 0. The van der Waals surface area contributed by atoms with E-state index in [-0.39, 0.29) is 0 Å². The number of rotatable bonds is 2. The molecule has 0 amide bonds. The molecule has 0 heterocycles. The zero-order chi connectivity index (χ0) is 10.1. The summed E-state index contributed by atoms with van der Waals surface area (Å²) in [6.07, 6.45) is 2.80. The van der Waals surface area contributed by atoms with Gasteiger partial charge in [0, 0.05) is 0 Å². The monoisotopic (exact) mass is 330 g/mol. The SMILES string of the molecule is CCC[CH2][Sn+3].[O-]Cl.[O-]Cl.[O-]Cl. The Morgan fingerprint density at radius 3 is 1.27 bits per heavy atom. The fraction of sp³-hybridized carbons (Fsp3) is 1.00. The van der Waals surface area contributed by atoms with E-state index in [1.807, 2.05) is 0 Å². The van der Waals surface area contributed by atoms with Crippen molar-refractivity contribution in [3.63, 3.8) is 0 Å². The molecule has 11 heavy (non-hydrogen) atoms. The minimum atomic E-state index is 1.37. The Hall–Kier alpha value is 1.55. The number of halogens is 3. The van der Waals surface area contributed by atoms with Crippen molar-refractivity contribution in [2.24, 2.45) is 0 Å². The second kappa shape index (κ2) is 62.1. The van der Waals surface area contributed by atoms with E-state index in [0.29, 0.717) is 0 Å². The van der Waals surface area contributed by atoms with Crippen molar-refractivity contribution in [1.29, 1.82) is 0 Å². The first kappa shape index (κ1) is 22.9. The van der Waals surface area contributed by atoms with Gasteiger partial charge in [-0.2, -0.15) is 0 Å². The van der Waals surface area contributed by atoms with Gasteiger partial charge in [0.1, 0.15) is 0 Å². The summed E-state index contributed by atoms with van der Waals surface area (Å²) in [5.41, 5.74) is 0. The van der Waals surface area contributed by atoms with Crippen LogP contribution in [0.2, 0.25) is 4.44 Å². The molecule has 0 spiro atoms. The third kappa shape index (κ3) is 83.6. The Labute approximate surface area is 95.9 Å². The molecule has 68 valence electrons. The predicted octanol–water partition coefficient (Wildman–Crippen LogP) is -0.125. The Morgan fingerprint density at radius 1 is 1.00 bits per heavy atom. The third-order valence-corrected chi connectivity index (χ3v) is 1.54. The molecule has 0 fully saturated rings. The predicted molar refractivity (Wildman–Crippen MR) is 43.0 cm³/mol. The standard InChI is InChI=1S/C4H9.3ClO.Sn/c1-3-4-2;3*1-2;/h1,3-4H2,2H3;;;;/q;3*-1;+3.